The second-order valence-electron chi connectivity index (χ2n) is 1.64. The summed E-state index contributed by atoms with van der Waals surface area (Å²) in [6, 6.07) is 0. The third kappa shape index (κ3) is 12.3. The second kappa shape index (κ2) is 4.85. The summed E-state index contributed by atoms with van der Waals surface area (Å²) in [5, 5.41) is 0. The Balaban J connectivity index is -0.000000245. The standard InChI is InChI=1S/C3H9O4P.Na.H/c1-3(2)7-8(4,5)6;;/h3H,1-2H3,(H2,4,5,6);;/q;+1;-1. The molecule has 0 aliphatic rings. The van der Waals surface area contributed by atoms with Crippen LogP contribution >= 0.6 is 7.82 Å². The summed E-state index contributed by atoms with van der Waals surface area (Å²) in [6.45, 7) is 3.11. The third-order valence-corrected chi connectivity index (χ3v) is 1.04. The molecule has 0 spiro atoms. The van der Waals surface area contributed by atoms with Crippen molar-refractivity contribution >= 4 is 7.82 Å². The summed E-state index contributed by atoms with van der Waals surface area (Å²) in [7, 11) is -4.22. The van der Waals surface area contributed by atoms with Gasteiger partial charge in [-0.05, 0) is 13.8 Å². The van der Waals surface area contributed by atoms with E-state index in [1.165, 1.54) is 0 Å². The van der Waals surface area contributed by atoms with Crippen LogP contribution in [-0.2, 0) is 9.09 Å². The van der Waals surface area contributed by atoms with Crippen molar-refractivity contribution in [3.05, 3.63) is 0 Å². The molecule has 0 aromatic carbocycles. The molecule has 4 nitrogen and oxygen atoms in total. The Morgan fingerprint density at radius 2 is 1.89 bits per heavy atom. The summed E-state index contributed by atoms with van der Waals surface area (Å²) in [4.78, 5) is 16.2. The molecule has 0 aromatic heterocycles. The minimum Gasteiger partial charge on any atom is -1.00 e. The van der Waals surface area contributed by atoms with Crippen molar-refractivity contribution in [1.82, 2.24) is 0 Å². The van der Waals surface area contributed by atoms with Gasteiger partial charge in [0.2, 0.25) is 0 Å². The van der Waals surface area contributed by atoms with Crippen LogP contribution in [0.5, 0.6) is 0 Å². The first kappa shape index (κ1) is 12.8. The molecule has 0 saturated carbocycles. The van der Waals surface area contributed by atoms with Crippen LogP contribution in [0.2, 0.25) is 0 Å². The molecule has 0 fully saturated rings. The van der Waals surface area contributed by atoms with Gasteiger partial charge in [0.25, 0.3) is 0 Å². The zero-order chi connectivity index (χ0) is 6.78. The Hall–Kier alpha value is 1.11. The van der Waals surface area contributed by atoms with Gasteiger partial charge in [-0.25, -0.2) is 4.57 Å². The van der Waals surface area contributed by atoms with Crippen molar-refractivity contribution in [3.63, 3.8) is 0 Å². The average Bonchev–Trinajstić information content (AvgIpc) is 1.21. The van der Waals surface area contributed by atoms with Crippen LogP contribution in [0.25, 0.3) is 0 Å². The van der Waals surface area contributed by atoms with E-state index in [1.54, 1.807) is 13.8 Å². The number of rotatable bonds is 2. The third-order valence-electron chi connectivity index (χ3n) is 0.348. The molecule has 0 aliphatic carbocycles. The molecule has 0 radical (unpaired) electrons. The van der Waals surface area contributed by atoms with Crippen LogP contribution in [0.4, 0.5) is 0 Å². The predicted octanol–water partition coefficient (Wildman–Crippen LogP) is -2.38. The van der Waals surface area contributed by atoms with E-state index in [-0.39, 0.29) is 31.0 Å². The average molecular weight is 164 g/mol. The molecule has 0 unspecified atom stereocenters. The maximum Gasteiger partial charge on any atom is 1.00 e. The fourth-order valence-corrected chi connectivity index (χ4v) is 0.824. The molecular weight excluding hydrogens is 154 g/mol. The van der Waals surface area contributed by atoms with Gasteiger partial charge in [-0.2, -0.15) is 0 Å². The fourth-order valence-electron chi connectivity index (χ4n) is 0.275. The monoisotopic (exact) mass is 164 g/mol. The normalized spacial score (nSPS) is 11.2. The van der Waals surface area contributed by atoms with Crippen LogP contribution in [-0.4, -0.2) is 15.9 Å². The quantitative estimate of drug-likeness (QED) is 0.353. The zero-order valence-corrected chi connectivity index (χ0v) is 8.63. The molecule has 0 aromatic rings. The van der Waals surface area contributed by atoms with Crippen LogP contribution in [0.15, 0.2) is 0 Å². The largest absolute Gasteiger partial charge is 1.00 e. The Morgan fingerprint density at radius 3 is 1.89 bits per heavy atom. The van der Waals surface area contributed by atoms with Crippen LogP contribution in [0.3, 0.4) is 0 Å². The molecule has 6 heteroatoms. The molecule has 0 heterocycles. The van der Waals surface area contributed by atoms with Gasteiger partial charge in [-0.1, -0.05) is 0 Å². The van der Waals surface area contributed by atoms with E-state index in [9.17, 15) is 4.57 Å². The molecule has 0 rings (SSSR count). The Labute approximate surface area is 77.6 Å². The summed E-state index contributed by atoms with van der Waals surface area (Å²) < 4.78 is 14.0. The predicted molar refractivity (Wildman–Crippen MR) is 29.4 cm³/mol. The molecule has 0 saturated heterocycles. The van der Waals surface area contributed by atoms with E-state index in [4.69, 9.17) is 9.79 Å². The van der Waals surface area contributed by atoms with E-state index in [0.717, 1.165) is 0 Å². The Morgan fingerprint density at radius 1 is 1.56 bits per heavy atom. The van der Waals surface area contributed by atoms with Gasteiger partial charge in [0.1, 0.15) is 0 Å². The second-order valence-corrected chi connectivity index (χ2v) is 2.84. The summed E-state index contributed by atoms with van der Waals surface area (Å²) in [5.41, 5.74) is 0. The first-order valence-corrected chi connectivity index (χ1v) is 3.69. The van der Waals surface area contributed by atoms with Crippen LogP contribution < -0.4 is 29.6 Å². The maximum absolute atomic E-state index is 9.91. The van der Waals surface area contributed by atoms with Gasteiger partial charge in [-0.3, -0.25) is 4.52 Å². The smallest absolute Gasteiger partial charge is 1.00 e. The van der Waals surface area contributed by atoms with Crippen LogP contribution in [0.1, 0.15) is 15.3 Å². The topological polar surface area (TPSA) is 66.8 Å². The van der Waals surface area contributed by atoms with Gasteiger partial charge in [0.05, 0.1) is 6.10 Å². The van der Waals surface area contributed by atoms with Gasteiger partial charge in [0, 0.05) is 0 Å². The Bertz CT molecular complexity index is 113. The first-order valence-electron chi connectivity index (χ1n) is 2.16. The van der Waals surface area contributed by atoms with E-state index < -0.39 is 13.9 Å². The molecule has 0 atom stereocenters. The molecule has 52 valence electrons. The number of hydrogen-bond acceptors (Lipinski definition) is 2. The Kier molecular flexibility index (Phi) is 6.88. The fraction of sp³-hybridized carbons (Fsp3) is 1.00. The van der Waals surface area contributed by atoms with Gasteiger partial charge < -0.3 is 11.2 Å². The van der Waals surface area contributed by atoms with E-state index in [0.29, 0.717) is 0 Å². The number of hydrogen-bond donors (Lipinski definition) is 2. The SMILES string of the molecule is CC(C)OP(=O)(O)O.[H-].[Na+]. The minimum absolute atomic E-state index is 0. The number of phosphoric ester groups is 1. The molecule has 2 N–H and O–H groups in total. The van der Waals surface area contributed by atoms with E-state index in [1.807, 2.05) is 0 Å². The van der Waals surface area contributed by atoms with Gasteiger partial charge >= 0.3 is 37.4 Å². The van der Waals surface area contributed by atoms with Crippen molar-refractivity contribution in [2.45, 2.75) is 20.0 Å². The van der Waals surface area contributed by atoms with Crippen molar-refractivity contribution < 1.29 is 49.9 Å². The summed E-state index contributed by atoms with van der Waals surface area (Å²) in [6.07, 6.45) is -0.421. The van der Waals surface area contributed by atoms with Gasteiger partial charge in [0.15, 0.2) is 0 Å². The summed E-state index contributed by atoms with van der Waals surface area (Å²) >= 11 is 0. The van der Waals surface area contributed by atoms with E-state index in [2.05, 4.69) is 4.52 Å². The van der Waals surface area contributed by atoms with Crippen molar-refractivity contribution in [3.8, 4) is 0 Å². The van der Waals surface area contributed by atoms with Gasteiger partial charge in [-0.15, -0.1) is 0 Å². The van der Waals surface area contributed by atoms with Crippen LogP contribution in [0, 0.1) is 0 Å². The van der Waals surface area contributed by atoms with Crippen molar-refractivity contribution in [2.75, 3.05) is 0 Å². The molecule has 0 aliphatic heterocycles. The number of phosphoric acid groups is 1. The minimum atomic E-state index is -4.22. The van der Waals surface area contributed by atoms with Crippen molar-refractivity contribution in [1.29, 1.82) is 0 Å². The maximum atomic E-state index is 9.91. The molecular formula is C3H10NaO4P. The summed E-state index contributed by atoms with van der Waals surface area (Å²) in [5.74, 6) is 0. The van der Waals surface area contributed by atoms with Crippen molar-refractivity contribution in [2.24, 2.45) is 0 Å². The molecule has 0 amide bonds. The van der Waals surface area contributed by atoms with E-state index >= 15 is 0 Å². The molecule has 0 bridgehead atoms. The first-order chi connectivity index (χ1) is 3.42. The zero-order valence-electron chi connectivity index (χ0n) is 6.74. The molecule has 9 heavy (non-hydrogen) atoms.